The quantitative estimate of drug-likeness (QED) is 0.920. The van der Waals surface area contributed by atoms with Crippen LogP contribution in [0.2, 0.25) is 0 Å². The second kappa shape index (κ2) is 5.33. The van der Waals surface area contributed by atoms with Crippen molar-refractivity contribution in [1.82, 2.24) is 0 Å². The number of benzene rings is 1. The predicted octanol–water partition coefficient (Wildman–Crippen LogP) is 3.46. The van der Waals surface area contributed by atoms with Gasteiger partial charge in [-0.25, -0.2) is 0 Å². The minimum Gasteiger partial charge on any atom is -0.371 e. The van der Waals surface area contributed by atoms with Crippen LogP contribution >= 0.6 is 0 Å². The van der Waals surface area contributed by atoms with E-state index in [9.17, 15) is 21.6 Å². The number of hydrogen-bond donors (Lipinski definition) is 1. The zero-order chi connectivity index (χ0) is 16.8. The molecule has 0 fully saturated rings. The lowest BCUT2D eigenvalue weighted by atomic mass is 9.77. The molecule has 0 aliphatic carbocycles. The number of fused-ring (bicyclic) bond motifs is 1. The van der Waals surface area contributed by atoms with Crippen LogP contribution in [0.3, 0.4) is 0 Å². The molecule has 1 heterocycles. The first-order valence-electron chi connectivity index (χ1n) is 6.96. The van der Waals surface area contributed by atoms with Crippen LogP contribution in [0.15, 0.2) is 18.2 Å². The molecule has 0 unspecified atom stereocenters. The van der Waals surface area contributed by atoms with E-state index in [1.165, 1.54) is 12.1 Å². The molecule has 0 saturated carbocycles. The molecule has 1 aliphatic rings. The predicted molar refractivity (Wildman–Crippen MR) is 80.6 cm³/mol. The third-order valence-electron chi connectivity index (χ3n) is 4.01. The minimum atomic E-state index is -5.40. The Morgan fingerprint density at radius 2 is 1.95 bits per heavy atom. The van der Waals surface area contributed by atoms with Gasteiger partial charge in [-0.05, 0) is 36.5 Å². The van der Waals surface area contributed by atoms with E-state index in [0.29, 0.717) is 6.54 Å². The van der Waals surface area contributed by atoms with Crippen LogP contribution in [0.4, 0.5) is 24.5 Å². The van der Waals surface area contributed by atoms with Gasteiger partial charge < -0.3 is 4.90 Å². The number of alkyl halides is 3. The van der Waals surface area contributed by atoms with Crippen molar-refractivity contribution in [3.63, 3.8) is 0 Å². The number of hydrogen-bond acceptors (Lipinski definition) is 3. The maximum atomic E-state index is 12.5. The summed E-state index contributed by atoms with van der Waals surface area (Å²) < 4.78 is 61.4. The van der Waals surface area contributed by atoms with E-state index in [-0.39, 0.29) is 11.1 Å². The monoisotopic (exact) mass is 336 g/mol. The van der Waals surface area contributed by atoms with Crippen LogP contribution < -0.4 is 9.62 Å². The lowest BCUT2D eigenvalue weighted by molar-refractivity contribution is -0.0429. The average molecular weight is 336 g/mol. The zero-order valence-electron chi connectivity index (χ0n) is 12.7. The summed E-state index contributed by atoms with van der Waals surface area (Å²) in [6.07, 6.45) is 0.932. The Balaban J connectivity index is 2.43. The van der Waals surface area contributed by atoms with Gasteiger partial charge in [-0.2, -0.15) is 21.6 Å². The van der Waals surface area contributed by atoms with E-state index in [2.05, 4.69) is 13.8 Å². The van der Waals surface area contributed by atoms with Gasteiger partial charge >= 0.3 is 15.5 Å². The molecule has 0 spiro atoms. The van der Waals surface area contributed by atoms with Gasteiger partial charge in [0.15, 0.2) is 0 Å². The van der Waals surface area contributed by atoms with Crippen LogP contribution in [-0.2, 0) is 15.4 Å². The molecule has 124 valence electrons. The molecular weight excluding hydrogens is 317 g/mol. The van der Waals surface area contributed by atoms with Crippen molar-refractivity contribution in [3.8, 4) is 0 Å². The van der Waals surface area contributed by atoms with Crippen molar-refractivity contribution in [2.24, 2.45) is 0 Å². The first-order valence-corrected chi connectivity index (χ1v) is 8.45. The number of rotatable bonds is 3. The van der Waals surface area contributed by atoms with Crippen LogP contribution in [0.1, 0.15) is 32.8 Å². The number of anilines is 2. The second-order valence-corrected chi connectivity index (χ2v) is 7.67. The molecule has 2 rings (SSSR count). The Hall–Kier alpha value is -1.44. The van der Waals surface area contributed by atoms with Gasteiger partial charge in [-0.15, -0.1) is 0 Å². The molecule has 4 nitrogen and oxygen atoms in total. The number of halogens is 3. The summed E-state index contributed by atoms with van der Waals surface area (Å²) in [6.45, 7) is 7.58. The van der Waals surface area contributed by atoms with Gasteiger partial charge in [-0.3, -0.25) is 4.72 Å². The van der Waals surface area contributed by atoms with Gasteiger partial charge in [0.1, 0.15) is 0 Å². The number of sulfonamides is 1. The summed E-state index contributed by atoms with van der Waals surface area (Å²) in [5.41, 5.74) is -3.71. The van der Waals surface area contributed by atoms with Crippen LogP contribution in [0.25, 0.3) is 0 Å². The molecule has 1 N–H and O–H groups in total. The Morgan fingerprint density at radius 3 is 2.50 bits per heavy atom. The molecule has 0 atom stereocenters. The van der Waals surface area contributed by atoms with Gasteiger partial charge in [-0.1, -0.05) is 19.9 Å². The second-order valence-electron chi connectivity index (χ2n) is 6.00. The highest BCUT2D eigenvalue weighted by Gasteiger charge is 2.46. The first-order chi connectivity index (χ1) is 9.98. The highest BCUT2D eigenvalue weighted by molar-refractivity contribution is 7.93. The fourth-order valence-electron chi connectivity index (χ4n) is 2.64. The lowest BCUT2D eigenvalue weighted by Crippen LogP contribution is -2.37. The van der Waals surface area contributed by atoms with Gasteiger partial charge in [0.05, 0.1) is 5.69 Å². The molecule has 0 radical (unpaired) electrons. The molecular formula is C14H19F3N2O2S. The summed E-state index contributed by atoms with van der Waals surface area (Å²) in [5, 5.41) is 0. The smallest absolute Gasteiger partial charge is 0.371 e. The lowest BCUT2D eigenvalue weighted by Gasteiger charge is -2.40. The maximum absolute atomic E-state index is 12.5. The Morgan fingerprint density at radius 1 is 1.32 bits per heavy atom. The van der Waals surface area contributed by atoms with Crippen molar-refractivity contribution in [2.75, 3.05) is 22.7 Å². The van der Waals surface area contributed by atoms with Gasteiger partial charge in [0, 0.05) is 18.8 Å². The molecule has 1 aromatic rings. The molecule has 1 aliphatic heterocycles. The Kier molecular flexibility index (Phi) is 4.10. The molecule has 0 amide bonds. The molecule has 1 aromatic carbocycles. The van der Waals surface area contributed by atoms with Crippen LogP contribution in [0, 0.1) is 0 Å². The Bertz CT molecular complexity index is 669. The molecule has 0 bridgehead atoms. The summed E-state index contributed by atoms with van der Waals surface area (Å²) in [4.78, 5) is 2.03. The van der Waals surface area contributed by atoms with Crippen molar-refractivity contribution in [2.45, 2.75) is 38.1 Å². The molecule has 8 heteroatoms. The fraction of sp³-hybridized carbons (Fsp3) is 0.571. The summed E-state index contributed by atoms with van der Waals surface area (Å²) >= 11 is 0. The van der Waals surface area contributed by atoms with Crippen LogP contribution in [-0.4, -0.2) is 27.0 Å². The van der Waals surface area contributed by atoms with Crippen molar-refractivity contribution < 1.29 is 21.6 Å². The largest absolute Gasteiger partial charge is 0.516 e. The standard InChI is InChI=1S/C14H19F3N2O2S/c1-4-19-8-7-13(2,3)11-6-5-10(9-12(11)19)18-22(20,21)14(15,16)17/h5-6,9,18H,4,7-8H2,1-3H3. The summed E-state index contributed by atoms with van der Waals surface area (Å²) in [7, 11) is -5.40. The first kappa shape index (κ1) is 16.9. The van der Waals surface area contributed by atoms with E-state index < -0.39 is 15.5 Å². The van der Waals surface area contributed by atoms with Crippen molar-refractivity contribution >= 4 is 21.4 Å². The fourth-order valence-corrected chi connectivity index (χ4v) is 3.19. The highest BCUT2D eigenvalue weighted by atomic mass is 32.2. The third-order valence-corrected chi connectivity index (χ3v) is 5.13. The van der Waals surface area contributed by atoms with E-state index in [0.717, 1.165) is 24.2 Å². The topological polar surface area (TPSA) is 49.4 Å². The van der Waals surface area contributed by atoms with E-state index in [1.54, 1.807) is 10.8 Å². The number of nitrogens with zero attached hydrogens (tertiary/aromatic N) is 1. The van der Waals surface area contributed by atoms with Gasteiger partial charge in [0.25, 0.3) is 0 Å². The highest BCUT2D eigenvalue weighted by Crippen LogP contribution is 2.41. The molecule has 0 aromatic heterocycles. The molecule has 22 heavy (non-hydrogen) atoms. The number of nitrogens with one attached hydrogen (secondary N) is 1. The van der Waals surface area contributed by atoms with E-state index in [1.807, 2.05) is 11.8 Å². The molecule has 0 saturated heterocycles. The zero-order valence-corrected chi connectivity index (χ0v) is 13.5. The van der Waals surface area contributed by atoms with Gasteiger partial charge in [0.2, 0.25) is 0 Å². The SMILES string of the molecule is CCN1CCC(C)(C)c2ccc(NS(=O)(=O)C(F)(F)F)cc21. The summed E-state index contributed by atoms with van der Waals surface area (Å²) in [6, 6.07) is 4.55. The van der Waals surface area contributed by atoms with Crippen molar-refractivity contribution in [1.29, 1.82) is 0 Å². The van der Waals surface area contributed by atoms with Crippen molar-refractivity contribution in [3.05, 3.63) is 23.8 Å². The van der Waals surface area contributed by atoms with E-state index in [4.69, 9.17) is 0 Å². The summed E-state index contributed by atoms with van der Waals surface area (Å²) in [5.74, 6) is 0. The normalized spacial score (nSPS) is 18.0. The third kappa shape index (κ3) is 3.02. The van der Waals surface area contributed by atoms with E-state index >= 15 is 0 Å². The average Bonchev–Trinajstić information content (AvgIpc) is 2.37. The minimum absolute atomic E-state index is 0.0766. The van der Waals surface area contributed by atoms with Crippen LogP contribution in [0.5, 0.6) is 0 Å². The Labute approximate surface area is 128 Å². The maximum Gasteiger partial charge on any atom is 0.516 e.